The maximum absolute atomic E-state index is 6.47. The average molecular weight is 401 g/mol. The molecule has 1 atom stereocenters. The van der Waals surface area contributed by atoms with Crippen LogP contribution in [0.15, 0.2) is 26.5 Å². The minimum atomic E-state index is -0.0297. The van der Waals surface area contributed by atoms with Crippen LogP contribution in [0.1, 0.15) is 26.9 Å². The molecule has 1 unspecified atom stereocenters. The lowest BCUT2D eigenvalue weighted by atomic mass is 10.3. The molecule has 0 radical (unpaired) electrons. The van der Waals surface area contributed by atoms with Crippen LogP contribution >= 0.6 is 66.1 Å². The highest BCUT2D eigenvalue weighted by molar-refractivity contribution is 9.13. The molecule has 0 saturated carbocycles. The molecular weight excluding hydrogens is 392 g/mol. The van der Waals surface area contributed by atoms with Gasteiger partial charge in [0.15, 0.2) is 0 Å². The summed E-state index contributed by atoms with van der Waals surface area (Å²) in [6.45, 7) is 2.16. The lowest BCUT2D eigenvalue weighted by Crippen LogP contribution is -1.84. The van der Waals surface area contributed by atoms with Crippen molar-refractivity contribution >= 4 is 66.1 Å². The third-order valence-electron chi connectivity index (χ3n) is 2.19. The van der Waals surface area contributed by atoms with Crippen LogP contribution in [-0.2, 0) is 6.42 Å². The van der Waals surface area contributed by atoms with Gasteiger partial charge >= 0.3 is 0 Å². The van der Waals surface area contributed by atoms with Gasteiger partial charge in [0.2, 0.25) is 0 Å². The predicted molar refractivity (Wildman–Crippen MR) is 81.1 cm³/mol. The lowest BCUT2D eigenvalue weighted by Gasteiger charge is -2.02. The van der Waals surface area contributed by atoms with Crippen LogP contribution in [0.5, 0.6) is 0 Å². The van der Waals surface area contributed by atoms with Crippen LogP contribution in [0.2, 0.25) is 0 Å². The SMILES string of the molecule is CCc1ccc(C(Cl)c2cc(Br)c(Br)s2)s1. The maximum Gasteiger partial charge on any atom is 0.102 e. The zero-order valence-corrected chi connectivity index (χ0v) is 14.0. The van der Waals surface area contributed by atoms with Gasteiger partial charge in [-0.25, -0.2) is 0 Å². The van der Waals surface area contributed by atoms with Crippen LogP contribution < -0.4 is 0 Å². The van der Waals surface area contributed by atoms with Gasteiger partial charge in [-0.2, -0.15) is 0 Å². The van der Waals surface area contributed by atoms with Gasteiger partial charge in [-0.3, -0.25) is 0 Å². The van der Waals surface area contributed by atoms with Gasteiger partial charge in [0.1, 0.15) is 5.38 Å². The molecule has 16 heavy (non-hydrogen) atoms. The van der Waals surface area contributed by atoms with E-state index in [1.54, 1.807) is 22.7 Å². The van der Waals surface area contributed by atoms with Crippen molar-refractivity contribution in [1.82, 2.24) is 0 Å². The Hall–Kier alpha value is 0.650. The van der Waals surface area contributed by atoms with E-state index in [0.29, 0.717) is 0 Å². The fourth-order valence-electron chi connectivity index (χ4n) is 1.35. The van der Waals surface area contributed by atoms with Gasteiger partial charge in [-0.15, -0.1) is 34.3 Å². The van der Waals surface area contributed by atoms with Gasteiger partial charge in [0, 0.05) is 19.1 Å². The van der Waals surface area contributed by atoms with E-state index in [-0.39, 0.29) is 5.38 Å². The minimum absolute atomic E-state index is 0.0297. The second kappa shape index (κ2) is 5.53. The normalized spacial score (nSPS) is 13.0. The second-order valence-electron chi connectivity index (χ2n) is 3.29. The Morgan fingerprint density at radius 2 is 2.00 bits per heavy atom. The molecule has 0 amide bonds. The Labute approximate surface area is 125 Å². The summed E-state index contributed by atoms with van der Waals surface area (Å²) in [7, 11) is 0. The largest absolute Gasteiger partial charge is 0.143 e. The zero-order chi connectivity index (χ0) is 11.7. The monoisotopic (exact) mass is 398 g/mol. The van der Waals surface area contributed by atoms with Gasteiger partial charge in [0.05, 0.1) is 3.79 Å². The van der Waals surface area contributed by atoms with Crippen molar-refractivity contribution in [3.8, 4) is 0 Å². The highest BCUT2D eigenvalue weighted by Crippen LogP contribution is 2.42. The molecule has 0 aromatic carbocycles. The Kier molecular flexibility index (Phi) is 4.52. The molecule has 2 aromatic heterocycles. The molecule has 0 N–H and O–H groups in total. The topological polar surface area (TPSA) is 0 Å². The number of thiophene rings is 2. The quantitative estimate of drug-likeness (QED) is 0.536. The van der Waals surface area contributed by atoms with E-state index in [4.69, 9.17) is 11.6 Å². The summed E-state index contributed by atoms with van der Waals surface area (Å²) < 4.78 is 2.17. The molecular formula is C11H9Br2ClS2. The van der Waals surface area contributed by atoms with Gasteiger partial charge in [-0.1, -0.05) is 6.92 Å². The highest BCUT2D eigenvalue weighted by atomic mass is 79.9. The number of halogens is 3. The van der Waals surface area contributed by atoms with Crippen molar-refractivity contribution in [2.45, 2.75) is 18.7 Å². The second-order valence-corrected chi connectivity index (χ2v) is 8.18. The van der Waals surface area contributed by atoms with Crippen molar-refractivity contribution < 1.29 is 0 Å². The first kappa shape index (κ1) is 13.1. The molecule has 0 aliphatic carbocycles. The Morgan fingerprint density at radius 3 is 2.50 bits per heavy atom. The first-order valence-corrected chi connectivity index (χ1v) is 8.44. The standard InChI is InChI=1S/C11H9Br2ClS2/c1-2-6-3-4-8(15-6)10(14)9-5-7(12)11(13)16-9/h3-5,10H,2H2,1H3. The summed E-state index contributed by atoms with van der Waals surface area (Å²) in [6, 6.07) is 6.37. The van der Waals surface area contributed by atoms with Crippen molar-refractivity contribution in [1.29, 1.82) is 0 Å². The van der Waals surface area contributed by atoms with Crippen molar-refractivity contribution in [2.24, 2.45) is 0 Å². The Balaban J connectivity index is 2.27. The fourth-order valence-corrected chi connectivity index (χ4v) is 4.86. The van der Waals surface area contributed by atoms with Gasteiger partial charge in [-0.05, 0) is 56.5 Å². The van der Waals surface area contributed by atoms with Gasteiger partial charge < -0.3 is 0 Å². The van der Waals surface area contributed by atoms with E-state index in [1.807, 2.05) is 0 Å². The van der Waals surface area contributed by atoms with Crippen LogP contribution in [0, 0.1) is 0 Å². The van der Waals surface area contributed by atoms with Crippen LogP contribution in [0.4, 0.5) is 0 Å². The predicted octanol–water partition coefficient (Wildman–Crippen LogP) is 6.23. The summed E-state index contributed by atoms with van der Waals surface area (Å²) >= 11 is 16.9. The molecule has 0 aliphatic rings. The van der Waals surface area contributed by atoms with E-state index in [1.165, 1.54) is 14.6 Å². The van der Waals surface area contributed by atoms with Crippen molar-refractivity contribution in [3.63, 3.8) is 0 Å². The van der Waals surface area contributed by atoms with Crippen molar-refractivity contribution in [3.05, 3.63) is 41.1 Å². The minimum Gasteiger partial charge on any atom is -0.143 e. The van der Waals surface area contributed by atoms with Crippen molar-refractivity contribution in [2.75, 3.05) is 0 Å². The molecule has 0 fully saturated rings. The average Bonchev–Trinajstić information content (AvgIpc) is 2.86. The summed E-state index contributed by atoms with van der Waals surface area (Å²) in [4.78, 5) is 3.78. The molecule has 0 saturated heterocycles. The van der Waals surface area contributed by atoms with Crippen LogP contribution in [0.3, 0.4) is 0 Å². The summed E-state index contributed by atoms with van der Waals surface area (Å²) in [5.74, 6) is 0. The number of aryl methyl sites for hydroxylation is 1. The Bertz CT molecular complexity index is 470. The zero-order valence-electron chi connectivity index (χ0n) is 8.47. The molecule has 2 aromatic rings. The summed E-state index contributed by atoms with van der Waals surface area (Å²) in [6.07, 6.45) is 1.08. The van der Waals surface area contributed by atoms with E-state index in [0.717, 1.165) is 14.7 Å². The molecule has 2 rings (SSSR count). The number of hydrogen-bond acceptors (Lipinski definition) is 2. The third-order valence-corrected chi connectivity index (χ3v) is 7.54. The Morgan fingerprint density at radius 1 is 1.25 bits per heavy atom. The third kappa shape index (κ3) is 2.72. The summed E-state index contributed by atoms with van der Waals surface area (Å²) in [5.41, 5.74) is 0. The molecule has 0 nitrogen and oxygen atoms in total. The first-order chi connectivity index (χ1) is 7.61. The highest BCUT2D eigenvalue weighted by Gasteiger charge is 2.16. The van der Waals surface area contributed by atoms with Crippen LogP contribution in [0.25, 0.3) is 0 Å². The summed E-state index contributed by atoms with van der Waals surface area (Å²) in [5, 5.41) is -0.0297. The number of hydrogen-bond donors (Lipinski definition) is 0. The molecule has 0 bridgehead atoms. The van der Waals surface area contributed by atoms with E-state index < -0.39 is 0 Å². The fraction of sp³-hybridized carbons (Fsp3) is 0.273. The number of alkyl halides is 1. The molecule has 0 spiro atoms. The molecule has 2 heterocycles. The molecule has 5 heteroatoms. The lowest BCUT2D eigenvalue weighted by molar-refractivity contribution is 1.19. The van der Waals surface area contributed by atoms with E-state index in [2.05, 4.69) is 57.0 Å². The van der Waals surface area contributed by atoms with E-state index in [9.17, 15) is 0 Å². The first-order valence-electron chi connectivity index (χ1n) is 4.79. The molecule has 86 valence electrons. The molecule has 0 aliphatic heterocycles. The number of rotatable bonds is 3. The van der Waals surface area contributed by atoms with Crippen LogP contribution in [-0.4, -0.2) is 0 Å². The smallest absolute Gasteiger partial charge is 0.102 e. The maximum atomic E-state index is 6.47. The van der Waals surface area contributed by atoms with Gasteiger partial charge in [0.25, 0.3) is 0 Å². The van der Waals surface area contributed by atoms with E-state index >= 15 is 0 Å².